The van der Waals surface area contributed by atoms with E-state index in [1.807, 2.05) is 31.2 Å². The van der Waals surface area contributed by atoms with Crippen molar-refractivity contribution >= 4 is 34.2 Å². The van der Waals surface area contributed by atoms with Gasteiger partial charge in [-0.2, -0.15) is 5.26 Å². The first-order valence-corrected chi connectivity index (χ1v) is 6.76. The molecule has 3 nitrogen and oxygen atoms in total. The van der Waals surface area contributed by atoms with E-state index in [0.717, 1.165) is 14.8 Å². The Morgan fingerprint density at radius 1 is 1.26 bits per heavy atom. The number of nitrogens with zero attached hydrogens (tertiary/aromatic N) is 1. The summed E-state index contributed by atoms with van der Waals surface area (Å²) in [6, 6.07) is 14.4. The quantitative estimate of drug-likeness (QED) is 0.828. The van der Waals surface area contributed by atoms with Crippen molar-refractivity contribution in [3.05, 3.63) is 62.7 Å². The van der Waals surface area contributed by atoms with Gasteiger partial charge < -0.3 is 5.32 Å². The number of anilines is 1. The molecular formula is C15H11IN2O. The maximum Gasteiger partial charge on any atom is 0.255 e. The molecule has 19 heavy (non-hydrogen) atoms. The lowest BCUT2D eigenvalue weighted by molar-refractivity contribution is 0.102. The first-order valence-electron chi connectivity index (χ1n) is 5.68. The summed E-state index contributed by atoms with van der Waals surface area (Å²) in [4.78, 5) is 12.1. The molecule has 0 aliphatic heterocycles. The molecule has 0 aliphatic carbocycles. The van der Waals surface area contributed by atoms with Gasteiger partial charge in [-0.15, -0.1) is 0 Å². The van der Waals surface area contributed by atoms with Crippen molar-refractivity contribution in [3.63, 3.8) is 0 Å². The molecule has 0 heterocycles. The van der Waals surface area contributed by atoms with Crippen LogP contribution in [0.5, 0.6) is 0 Å². The number of benzene rings is 2. The molecule has 2 aromatic carbocycles. The molecule has 0 saturated carbocycles. The van der Waals surface area contributed by atoms with Gasteiger partial charge in [-0.05, 0) is 65.4 Å². The summed E-state index contributed by atoms with van der Waals surface area (Å²) in [6.45, 7) is 1.96. The van der Waals surface area contributed by atoms with Crippen LogP contribution in [0, 0.1) is 21.8 Å². The Morgan fingerprint density at radius 3 is 2.74 bits per heavy atom. The molecule has 0 unspecified atom stereocenters. The zero-order chi connectivity index (χ0) is 13.8. The predicted molar refractivity (Wildman–Crippen MR) is 83.0 cm³/mol. The van der Waals surface area contributed by atoms with Gasteiger partial charge in [0.1, 0.15) is 0 Å². The predicted octanol–water partition coefficient (Wildman–Crippen LogP) is 3.72. The number of rotatable bonds is 2. The molecule has 2 rings (SSSR count). The van der Waals surface area contributed by atoms with E-state index in [1.165, 1.54) is 0 Å². The van der Waals surface area contributed by atoms with Crippen LogP contribution in [0.2, 0.25) is 0 Å². The van der Waals surface area contributed by atoms with Gasteiger partial charge in [0, 0.05) is 14.8 Å². The van der Waals surface area contributed by atoms with Crippen molar-refractivity contribution in [3.8, 4) is 6.07 Å². The Hall–Kier alpha value is -1.87. The standard InChI is InChI=1S/C15H11IN2O/c1-10-13(16)6-3-7-14(10)18-15(19)12-5-2-4-11(8-12)9-17/h2-8H,1H3,(H,18,19). The fraction of sp³-hybridized carbons (Fsp3) is 0.0667. The number of carbonyl (C=O) groups excluding carboxylic acids is 1. The number of nitriles is 1. The number of hydrogen-bond acceptors (Lipinski definition) is 2. The fourth-order valence-corrected chi connectivity index (χ4v) is 2.17. The lowest BCUT2D eigenvalue weighted by atomic mass is 10.1. The fourth-order valence-electron chi connectivity index (χ4n) is 1.67. The van der Waals surface area contributed by atoms with Gasteiger partial charge in [-0.3, -0.25) is 4.79 Å². The topological polar surface area (TPSA) is 52.9 Å². The third-order valence-electron chi connectivity index (χ3n) is 2.77. The van der Waals surface area contributed by atoms with Crippen LogP contribution < -0.4 is 5.32 Å². The first kappa shape index (κ1) is 13.6. The third kappa shape index (κ3) is 3.12. The molecule has 0 aromatic heterocycles. The molecule has 0 saturated heterocycles. The Labute approximate surface area is 125 Å². The maximum atomic E-state index is 12.1. The summed E-state index contributed by atoms with van der Waals surface area (Å²) in [6.07, 6.45) is 0. The van der Waals surface area contributed by atoms with Crippen molar-refractivity contribution < 1.29 is 4.79 Å². The molecule has 4 heteroatoms. The maximum absolute atomic E-state index is 12.1. The van der Waals surface area contributed by atoms with Gasteiger partial charge in [0.05, 0.1) is 11.6 Å². The van der Waals surface area contributed by atoms with Crippen LogP contribution in [-0.2, 0) is 0 Å². The average molecular weight is 362 g/mol. The molecule has 0 aliphatic rings. The van der Waals surface area contributed by atoms with Gasteiger partial charge in [-0.1, -0.05) is 12.1 Å². The molecule has 1 N–H and O–H groups in total. The summed E-state index contributed by atoms with van der Waals surface area (Å²) >= 11 is 2.23. The molecule has 2 aromatic rings. The zero-order valence-electron chi connectivity index (χ0n) is 10.3. The highest BCUT2D eigenvalue weighted by atomic mass is 127. The lowest BCUT2D eigenvalue weighted by Gasteiger charge is -2.09. The SMILES string of the molecule is Cc1c(I)cccc1NC(=O)c1cccc(C#N)c1. The van der Waals surface area contributed by atoms with Gasteiger partial charge in [0.25, 0.3) is 5.91 Å². The Balaban J connectivity index is 2.26. The number of amides is 1. The summed E-state index contributed by atoms with van der Waals surface area (Å²) < 4.78 is 1.10. The van der Waals surface area contributed by atoms with Gasteiger partial charge in [0.2, 0.25) is 0 Å². The van der Waals surface area contributed by atoms with Crippen LogP contribution in [0.1, 0.15) is 21.5 Å². The van der Waals surface area contributed by atoms with Crippen molar-refractivity contribution in [1.82, 2.24) is 0 Å². The van der Waals surface area contributed by atoms with Crippen LogP contribution in [-0.4, -0.2) is 5.91 Å². The average Bonchev–Trinajstić information content (AvgIpc) is 2.44. The summed E-state index contributed by atoms with van der Waals surface area (Å²) in [5.41, 5.74) is 2.79. The van der Waals surface area contributed by atoms with E-state index in [1.54, 1.807) is 24.3 Å². The van der Waals surface area contributed by atoms with E-state index in [2.05, 4.69) is 27.9 Å². The minimum absolute atomic E-state index is 0.206. The van der Waals surface area contributed by atoms with Crippen molar-refractivity contribution in [1.29, 1.82) is 5.26 Å². The van der Waals surface area contributed by atoms with Crippen LogP contribution in [0.25, 0.3) is 0 Å². The number of nitrogens with one attached hydrogen (secondary N) is 1. The van der Waals surface area contributed by atoms with Gasteiger partial charge >= 0.3 is 0 Å². The third-order valence-corrected chi connectivity index (χ3v) is 3.94. The Morgan fingerprint density at radius 2 is 2.00 bits per heavy atom. The molecule has 0 spiro atoms. The number of carbonyl (C=O) groups is 1. The van der Waals surface area contributed by atoms with Gasteiger partial charge in [-0.25, -0.2) is 0 Å². The summed E-state index contributed by atoms with van der Waals surface area (Å²) in [5.74, 6) is -0.206. The monoisotopic (exact) mass is 362 g/mol. The zero-order valence-corrected chi connectivity index (χ0v) is 12.4. The second-order valence-electron chi connectivity index (χ2n) is 4.06. The molecule has 0 bridgehead atoms. The smallest absolute Gasteiger partial charge is 0.255 e. The van der Waals surface area contributed by atoms with Gasteiger partial charge in [0.15, 0.2) is 0 Å². The molecular weight excluding hydrogens is 351 g/mol. The highest BCUT2D eigenvalue weighted by Crippen LogP contribution is 2.21. The van der Waals surface area contributed by atoms with E-state index < -0.39 is 0 Å². The minimum atomic E-state index is -0.206. The highest BCUT2D eigenvalue weighted by molar-refractivity contribution is 14.1. The van der Waals surface area contributed by atoms with Crippen LogP contribution in [0.3, 0.4) is 0 Å². The largest absolute Gasteiger partial charge is 0.322 e. The van der Waals surface area contributed by atoms with E-state index in [9.17, 15) is 4.79 Å². The second-order valence-corrected chi connectivity index (χ2v) is 5.22. The molecule has 0 fully saturated rings. The Kier molecular flexibility index (Phi) is 4.17. The Bertz CT molecular complexity index is 674. The van der Waals surface area contributed by atoms with Crippen molar-refractivity contribution in [2.75, 3.05) is 5.32 Å². The van der Waals surface area contributed by atoms with E-state index in [0.29, 0.717) is 11.1 Å². The number of hydrogen-bond donors (Lipinski definition) is 1. The number of halogens is 1. The molecule has 0 radical (unpaired) electrons. The van der Waals surface area contributed by atoms with Crippen LogP contribution >= 0.6 is 22.6 Å². The van der Waals surface area contributed by atoms with E-state index in [-0.39, 0.29) is 5.91 Å². The van der Waals surface area contributed by atoms with E-state index in [4.69, 9.17) is 5.26 Å². The first-order chi connectivity index (χ1) is 9.11. The molecule has 94 valence electrons. The molecule has 1 amide bonds. The minimum Gasteiger partial charge on any atom is -0.322 e. The second kappa shape index (κ2) is 5.85. The van der Waals surface area contributed by atoms with Crippen molar-refractivity contribution in [2.24, 2.45) is 0 Å². The van der Waals surface area contributed by atoms with Crippen LogP contribution in [0.15, 0.2) is 42.5 Å². The van der Waals surface area contributed by atoms with Crippen molar-refractivity contribution in [2.45, 2.75) is 6.92 Å². The highest BCUT2D eigenvalue weighted by Gasteiger charge is 2.09. The summed E-state index contributed by atoms with van der Waals surface area (Å²) in [7, 11) is 0. The summed E-state index contributed by atoms with van der Waals surface area (Å²) in [5, 5.41) is 11.7. The van der Waals surface area contributed by atoms with E-state index >= 15 is 0 Å². The normalized spacial score (nSPS) is 9.74. The lowest BCUT2D eigenvalue weighted by Crippen LogP contribution is -2.13. The van der Waals surface area contributed by atoms with Crippen LogP contribution in [0.4, 0.5) is 5.69 Å². The molecule has 0 atom stereocenters.